The van der Waals surface area contributed by atoms with Crippen molar-refractivity contribution in [1.29, 1.82) is 0 Å². The third-order valence-electron chi connectivity index (χ3n) is 1.17. The molecule has 0 N–H and O–H groups in total. The van der Waals surface area contributed by atoms with Gasteiger partial charge in [-0.1, -0.05) is 41.5 Å². The Kier molecular flexibility index (Phi) is 17.8. The van der Waals surface area contributed by atoms with Crippen molar-refractivity contribution in [2.75, 3.05) is 0 Å². The van der Waals surface area contributed by atoms with Crippen molar-refractivity contribution < 1.29 is 21.7 Å². The van der Waals surface area contributed by atoms with Gasteiger partial charge in [0.2, 0.25) is 0 Å². The van der Waals surface area contributed by atoms with E-state index < -0.39 is 0 Å². The first-order chi connectivity index (χ1) is 9.00. The monoisotopic (exact) mass is 320 g/mol. The van der Waals surface area contributed by atoms with E-state index in [2.05, 4.69) is 79.7 Å². The van der Waals surface area contributed by atoms with Gasteiger partial charge in [-0.25, -0.2) is 24.3 Å². The van der Waals surface area contributed by atoms with Crippen molar-refractivity contribution in [3.63, 3.8) is 0 Å². The minimum atomic E-state index is 0. The molecule has 0 saturated heterocycles. The van der Waals surface area contributed by atoms with Crippen LogP contribution in [0.5, 0.6) is 0 Å². The third kappa shape index (κ3) is 65.7. The van der Waals surface area contributed by atoms with Gasteiger partial charge < -0.3 is 13.8 Å². The summed E-state index contributed by atoms with van der Waals surface area (Å²) in [5, 5.41) is 0. The summed E-state index contributed by atoms with van der Waals surface area (Å²) in [7, 11) is 0. The van der Waals surface area contributed by atoms with Crippen LogP contribution in [-0.2, 0) is 21.7 Å². The molecule has 0 spiro atoms. The fraction of sp³-hybridized carbons (Fsp3) is 0.500. The fourth-order valence-corrected chi connectivity index (χ4v) is 0.680. The molecule has 0 amide bonds. The zero-order valence-electron chi connectivity index (χ0n) is 14.8. The molecule has 0 aromatic carbocycles. The van der Waals surface area contributed by atoms with Crippen LogP contribution in [-0.4, -0.2) is 0 Å². The van der Waals surface area contributed by atoms with Crippen LogP contribution < -0.4 is 0 Å². The summed E-state index contributed by atoms with van der Waals surface area (Å²) in [6, 6.07) is 0. The Balaban J connectivity index is -0.000000202. The van der Waals surface area contributed by atoms with Gasteiger partial charge >= 0.3 is 21.7 Å². The SMILES string of the molecule is [C-]1=CC=CC1.[C-]1=CC=CC1.[CH2-]C(C)(C)C.[CH2-]C(C)(C)C.[Ti+4]. The van der Waals surface area contributed by atoms with E-state index in [1.54, 1.807) is 0 Å². The van der Waals surface area contributed by atoms with Crippen LogP contribution in [0, 0.1) is 36.8 Å². The molecule has 2 aliphatic carbocycles. The zero-order chi connectivity index (χ0) is 16.1. The first-order valence-electron chi connectivity index (χ1n) is 7.14. The average Bonchev–Trinajstić information content (AvgIpc) is 2.92. The standard InChI is InChI=1S/2C5H5.2C5H11.Ti/c2*1-2-4-5-3-1;2*1-5(2,3)4;/h2*1-3H,4H2;2*1H2,2-4H3;/q4*-1;+4. The van der Waals surface area contributed by atoms with Crippen LogP contribution in [0.2, 0.25) is 0 Å². The minimum Gasteiger partial charge on any atom is -0.338 e. The molecule has 0 radical (unpaired) electrons. The zero-order valence-corrected chi connectivity index (χ0v) is 16.4. The van der Waals surface area contributed by atoms with Gasteiger partial charge in [0.1, 0.15) is 0 Å². The summed E-state index contributed by atoms with van der Waals surface area (Å²) < 4.78 is 0. The summed E-state index contributed by atoms with van der Waals surface area (Å²) in [5.41, 5.74) is 0.500. The molecule has 0 aliphatic heterocycles. The van der Waals surface area contributed by atoms with Gasteiger partial charge in [-0.05, 0) is 0 Å². The van der Waals surface area contributed by atoms with E-state index in [0.717, 1.165) is 12.8 Å². The number of hydrogen-bond donors (Lipinski definition) is 0. The van der Waals surface area contributed by atoms with Crippen molar-refractivity contribution in [1.82, 2.24) is 0 Å². The van der Waals surface area contributed by atoms with Gasteiger partial charge in [0.15, 0.2) is 0 Å². The molecule has 21 heavy (non-hydrogen) atoms. The average molecular weight is 320 g/mol. The van der Waals surface area contributed by atoms with Crippen LogP contribution in [0.25, 0.3) is 0 Å². The Hall–Kier alpha value is -0.326. The van der Waals surface area contributed by atoms with Crippen LogP contribution in [0.1, 0.15) is 54.4 Å². The Bertz CT molecular complexity index is 251. The summed E-state index contributed by atoms with van der Waals surface area (Å²) in [6.07, 6.45) is 20.0. The van der Waals surface area contributed by atoms with Gasteiger partial charge in [-0.2, -0.15) is 23.0 Å². The first-order valence-corrected chi connectivity index (χ1v) is 7.14. The van der Waals surface area contributed by atoms with Crippen molar-refractivity contribution in [2.24, 2.45) is 10.8 Å². The van der Waals surface area contributed by atoms with Crippen LogP contribution >= 0.6 is 0 Å². The van der Waals surface area contributed by atoms with Crippen molar-refractivity contribution in [3.8, 4) is 0 Å². The topological polar surface area (TPSA) is 0 Å². The third-order valence-corrected chi connectivity index (χ3v) is 1.17. The van der Waals surface area contributed by atoms with Crippen molar-refractivity contribution in [2.45, 2.75) is 54.4 Å². The molecule has 2 rings (SSSR count). The maximum absolute atomic E-state index is 3.77. The van der Waals surface area contributed by atoms with Crippen molar-refractivity contribution >= 4 is 0 Å². The molecule has 116 valence electrons. The molecular weight excluding hydrogens is 288 g/mol. The van der Waals surface area contributed by atoms with E-state index in [4.69, 9.17) is 0 Å². The second kappa shape index (κ2) is 14.6. The molecule has 0 unspecified atom stereocenters. The second-order valence-electron chi connectivity index (χ2n) is 7.13. The van der Waals surface area contributed by atoms with Crippen molar-refractivity contribution in [3.05, 3.63) is 62.5 Å². The Morgan fingerprint density at radius 1 is 0.714 bits per heavy atom. The summed E-state index contributed by atoms with van der Waals surface area (Å²) in [6.45, 7) is 20.0. The number of allylic oxidation sites excluding steroid dienone is 8. The van der Waals surface area contributed by atoms with E-state index in [1.807, 2.05) is 24.3 Å². The quantitative estimate of drug-likeness (QED) is 0.361. The molecule has 0 bridgehead atoms. The first kappa shape index (κ1) is 25.6. The number of hydrogen-bond acceptors (Lipinski definition) is 0. The predicted octanol–water partition coefficient (Wildman–Crippen LogP) is 6.34. The summed E-state index contributed by atoms with van der Waals surface area (Å²) in [5.74, 6) is 0. The van der Waals surface area contributed by atoms with Crippen LogP contribution in [0.15, 0.2) is 36.5 Å². The molecule has 0 heterocycles. The summed E-state index contributed by atoms with van der Waals surface area (Å²) in [4.78, 5) is 0. The van der Waals surface area contributed by atoms with E-state index in [-0.39, 0.29) is 32.5 Å². The number of rotatable bonds is 0. The van der Waals surface area contributed by atoms with E-state index in [0.29, 0.717) is 0 Å². The maximum atomic E-state index is 3.77. The van der Waals surface area contributed by atoms with Gasteiger partial charge in [-0.3, -0.25) is 12.2 Å². The molecule has 0 fully saturated rings. The van der Waals surface area contributed by atoms with Crippen LogP contribution in [0.4, 0.5) is 0 Å². The normalized spacial score (nSPS) is 14.1. The Labute approximate surface area is 149 Å². The molecule has 0 aromatic rings. The van der Waals surface area contributed by atoms with Gasteiger partial charge in [0, 0.05) is 0 Å². The Morgan fingerprint density at radius 2 is 0.952 bits per heavy atom. The van der Waals surface area contributed by atoms with Gasteiger partial charge in [0.05, 0.1) is 0 Å². The second-order valence-corrected chi connectivity index (χ2v) is 7.13. The largest absolute Gasteiger partial charge is 4.00 e. The van der Waals surface area contributed by atoms with Gasteiger partial charge in [-0.15, -0.1) is 12.8 Å². The molecule has 0 nitrogen and oxygen atoms in total. The molecular formula is C20H32Ti. The Morgan fingerprint density at radius 3 is 1.00 bits per heavy atom. The molecule has 1 heteroatoms. The van der Waals surface area contributed by atoms with Gasteiger partial charge in [0.25, 0.3) is 0 Å². The summed E-state index contributed by atoms with van der Waals surface area (Å²) >= 11 is 0. The molecule has 2 aliphatic rings. The van der Waals surface area contributed by atoms with E-state index in [1.165, 1.54) is 0 Å². The maximum Gasteiger partial charge on any atom is 4.00 e. The van der Waals surface area contributed by atoms with E-state index >= 15 is 0 Å². The van der Waals surface area contributed by atoms with E-state index in [9.17, 15) is 0 Å². The predicted molar refractivity (Wildman–Crippen MR) is 92.8 cm³/mol. The van der Waals surface area contributed by atoms with Crippen LogP contribution in [0.3, 0.4) is 0 Å². The smallest absolute Gasteiger partial charge is 0.338 e. The minimum absolute atomic E-state index is 0. The fourth-order valence-electron chi connectivity index (χ4n) is 0.680. The molecule has 0 aromatic heterocycles. The molecule has 0 atom stereocenters. The molecule has 0 saturated carbocycles.